The van der Waals surface area contributed by atoms with Crippen molar-refractivity contribution < 1.29 is 4.39 Å². The van der Waals surface area contributed by atoms with Gasteiger partial charge in [-0.2, -0.15) is 0 Å². The van der Waals surface area contributed by atoms with Crippen molar-refractivity contribution >= 4 is 28.6 Å². The first-order valence-electron chi connectivity index (χ1n) is 6.57. The molecule has 0 aliphatic carbocycles. The lowest BCUT2D eigenvalue weighted by molar-refractivity contribution is 0.326. The van der Waals surface area contributed by atoms with Crippen LogP contribution in [0, 0.1) is 11.2 Å². The Labute approximate surface area is 117 Å². The largest absolute Gasteiger partial charge is 0.355 e. The molecule has 0 radical (unpaired) electrons. The molecule has 1 aromatic carbocycles. The molecule has 0 aliphatic rings. The Hall–Kier alpha value is -1.29. The van der Waals surface area contributed by atoms with E-state index >= 15 is 0 Å². The highest BCUT2D eigenvalue weighted by atomic mass is 35.5. The normalized spacial score (nSPS) is 12.0. The Morgan fingerprint density at radius 1 is 1.37 bits per heavy atom. The predicted molar refractivity (Wildman–Crippen MR) is 78.3 cm³/mol. The molecule has 2 N–H and O–H groups in total. The van der Waals surface area contributed by atoms with E-state index in [-0.39, 0.29) is 11.2 Å². The number of nitrogens with one attached hydrogen (secondary N) is 2. The number of H-pyrrole nitrogens is 1. The van der Waals surface area contributed by atoms with Crippen molar-refractivity contribution in [3.63, 3.8) is 0 Å². The zero-order chi connectivity index (χ0) is 13.9. The summed E-state index contributed by atoms with van der Waals surface area (Å²) in [7, 11) is 0. The molecule has 0 aliphatic heterocycles. The number of anilines is 1. The number of hydrogen-bond donors (Lipinski definition) is 2. The molecule has 2 rings (SSSR count). The Morgan fingerprint density at radius 2 is 2.11 bits per heavy atom. The number of aromatic nitrogens is 2. The molecule has 1 heterocycles. The van der Waals surface area contributed by atoms with E-state index in [1.807, 2.05) is 0 Å². The summed E-state index contributed by atoms with van der Waals surface area (Å²) in [6.07, 6.45) is 2.02. The molecule has 0 saturated carbocycles. The third kappa shape index (κ3) is 3.00. The average molecular weight is 284 g/mol. The summed E-state index contributed by atoms with van der Waals surface area (Å²) in [5.41, 5.74) is 1.53. The van der Waals surface area contributed by atoms with Crippen LogP contribution in [0.4, 0.5) is 10.3 Å². The first-order chi connectivity index (χ1) is 9.12. The Morgan fingerprint density at radius 3 is 2.74 bits per heavy atom. The molecule has 2 aromatic rings. The number of rotatable bonds is 6. The molecule has 0 unspecified atom stereocenters. The highest BCUT2D eigenvalue weighted by molar-refractivity contribution is 6.18. The lowest BCUT2D eigenvalue weighted by Gasteiger charge is -2.29. The second-order valence-corrected chi connectivity index (χ2v) is 5.21. The zero-order valence-corrected chi connectivity index (χ0v) is 12.0. The topological polar surface area (TPSA) is 40.7 Å². The van der Waals surface area contributed by atoms with Crippen molar-refractivity contribution in [2.75, 3.05) is 17.7 Å². The first-order valence-corrected chi connectivity index (χ1v) is 7.11. The van der Waals surface area contributed by atoms with Crippen LogP contribution in [0.1, 0.15) is 26.7 Å². The maximum Gasteiger partial charge on any atom is 0.201 e. The number of aromatic amines is 1. The van der Waals surface area contributed by atoms with Gasteiger partial charge in [0.1, 0.15) is 5.82 Å². The summed E-state index contributed by atoms with van der Waals surface area (Å²) in [5.74, 6) is 1.01. The Balaban J connectivity index is 2.13. The van der Waals surface area contributed by atoms with Gasteiger partial charge in [-0.25, -0.2) is 9.37 Å². The fourth-order valence-corrected chi connectivity index (χ4v) is 2.55. The van der Waals surface area contributed by atoms with Gasteiger partial charge in [0.2, 0.25) is 5.95 Å². The van der Waals surface area contributed by atoms with Gasteiger partial charge in [-0.15, -0.1) is 11.6 Å². The smallest absolute Gasteiger partial charge is 0.201 e. The van der Waals surface area contributed by atoms with E-state index < -0.39 is 0 Å². The molecule has 104 valence electrons. The van der Waals surface area contributed by atoms with Crippen LogP contribution in [0.3, 0.4) is 0 Å². The zero-order valence-electron chi connectivity index (χ0n) is 11.3. The molecule has 19 heavy (non-hydrogen) atoms. The maximum absolute atomic E-state index is 13.1. The van der Waals surface area contributed by atoms with Crippen LogP contribution in [-0.2, 0) is 0 Å². The maximum atomic E-state index is 13.1. The highest BCUT2D eigenvalue weighted by Gasteiger charge is 2.25. The van der Waals surface area contributed by atoms with Crippen LogP contribution in [-0.4, -0.2) is 22.4 Å². The minimum absolute atomic E-state index is 0.0752. The summed E-state index contributed by atoms with van der Waals surface area (Å²) in [4.78, 5) is 7.46. The van der Waals surface area contributed by atoms with Gasteiger partial charge in [0.25, 0.3) is 0 Å². The fraction of sp³-hybridized carbons (Fsp3) is 0.500. The molecule has 0 atom stereocenters. The quantitative estimate of drug-likeness (QED) is 0.782. The highest BCUT2D eigenvalue weighted by Crippen LogP contribution is 2.28. The minimum atomic E-state index is -0.264. The lowest BCUT2D eigenvalue weighted by Crippen LogP contribution is -2.30. The van der Waals surface area contributed by atoms with Crippen molar-refractivity contribution in [3.05, 3.63) is 24.0 Å². The average Bonchev–Trinajstić information content (AvgIpc) is 2.83. The standard InChI is InChI=1S/C14H19ClFN3/c1-3-14(4-2,8-15)9-17-13-18-11-6-5-10(16)7-12(11)19-13/h5-7H,3-4,8-9H2,1-2H3,(H2,17,18,19). The monoisotopic (exact) mass is 283 g/mol. The van der Waals surface area contributed by atoms with Crippen LogP contribution >= 0.6 is 11.6 Å². The molecular weight excluding hydrogens is 265 g/mol. The Kier molecular flexibility index (Phi) is 4.30. The molecule has 3 nitrogen and oxygen atoms in total. The van der Waals surface area contributed by atoms with Crippen molar-refractivity contribution in [2.45, 2.75) is 26.7 Å². The fourth-order valence-electron chi connectivity index (χ4n) is 2.07. The molecule has 0 saturated heterocycles. The predicted octanol–water partition coefficient (Wildman–Crippen LogP) is 4.16. The van der Waals surface area contributed by atoms with Crippen LogP contribution in [0.15, 0.2) is 18.2 Å². The van der Waals surface area contributed by atoms with E-state index in [1.165, 1.54) is 12.1 Å². The molecule has 0 fully saturated rings. The number of halogens is 2. The van der Waals surface area contributed by atoms with E-state index in [1.54, 1.807) is 6.07 Å². The molecule has 5 heteroatoms. The van der Waals surface area contributed by atoms with Gasteiger partial charge >= 0.3 is 0 Å². The van der Waals surface area contributed by atoms with E-state index in [0.717, 1.165) is 24.9 Å². The number of benzene rings is 1. The lowest BCUT2D eigenvalue weighted by atomic mass is 9.84. The SMILES string of the molecule is CCC(CC)(CCl)CNc1nc2ccc(F)cc2[nH]1. The van der Waals surface area contributed by atoms with Crippen LogP contribution in [0.25, 0.3) is 11.0 Å². The van der Waals surface area contributed by atoms with Gasteiger partial charge < -0.3 is 10.3 Å². The summed E-state index contributed by atoms with van der Waals surface area (Å²) >= 11 is 6.07. The number of hydrogen-bond acceptors (Lipinski definition) is 2. The van der Waals surface area contributed by atoms with E-state index in [4.69, 9.17) is 11.6 Å². The summed E-state index contributed by atoms with van der Waals surface area (Å²) in [5, 5.41) is 3.27. The molecule has 0 bridgehead atoms. The third-order valence-electron chi connectivity index (χ3n) is 3.86. The van der Waals surface area contributed by atoms with Crippen molar-refractivity contribution in [1.82, 2.24) is 9.97 Å². The molecular formula is C14H19ClFN3. The van der Waals surface area contributed by atoms with E-state index in [2.05, 4.69) is 29.1 Å². The van der Waals surface area contributed by atoms with Crippen molar-refractivity contribution in [3.8, 4) is 0 Å². The van der Waals surface area contributed by atoms with E-state index in [0.29, 0.717) is 17.3 Å². The second kappa shape index (κ2) is 5.78. The third-order valence-corrected chi connectivity index (χ3v) is 4.43. The van der Waals surface area contributed by atoms with Gasteiger partial charge in [-0.1, -0.05) is 13.8 Å². The Bertz CT molecular complexity index is 540. The number of alkyl halides is 1. The minimum Gasteiger partial charge on any atom is -0.355 e. The summed E-state index contributed by atoms with van der Waals surface area (Å²) < 4.78 is 13.1. The van der Waals surface area contributed by atoms with Gasteiger partial charge in [0.05, 0.1) is 11.0 Å². The van der Waals surface area contributed by atoms with Crippen LogP contribution in [0.2, 0.25) is 0 Å². The molecule has 1 aromatic heterocycles. The first kappa shape index (κ1) is 14.1. The second-order valence-electron chi connectivity index (χ2n) is 4.94. The van der Waals surface area contributed by atoms with Crippen molar-refractivity contribution in [2.24, 2.45) is 5.41 Å². The van der Waals surface area contributed by atoms with Gasteiger partial charge in [-0.05, 0) is 31.0 Å². The summed E-state index contributed by atoms with van der Waals surface area (Å²) in [6.45, 7) is 5.04. The van der Waals surface area contributed by atoms with Gasteiger partial charge in [-0.3, -0.25) is 0 Å². The van der Waals surface area contributed by atoms with Gasteiger partial charge in [0.15, 0.2) is 0 Å². The molecule has 0 amide bonds. The number of imidazole rings is 1. The van der Waals surface area contributed by atoms with Crippen molar-refractivity contribution in [1.29, 1.82) is 0 Å². The number of fused-ring (bicyclic) bond motifs is 1. The molecule has 0 spiro atoms. The number of nitrogens with zero attached hydrogens (tertiary/aromatic N) is 1. The van der Waals surface area contributed by atoms with Gasteiger partial charge in [0, 0.05) is 17.8 Å². The summed E-state index contributed by atoms with van der Waals surface area (Å²) in [6, 6.07) is 4.52. The van der Waals surface area contributed by atoms with Crippen LogP contribution < -0.4 is 5.32 Å². The van der Waals surface area contributed by atoms with E-state index in [9.17, 15) is 4.39 Å². The van der Waals surface area contributed by atoms with Crippen LogP contribution in [0.5, 0.6) is 0 Å².